The van der Waals surface area contributed by atoms with E-state index in [4.69, 9.17) is 4.98 Å². The summed E-state index contributed by atoms with van der Waals surface area (Å²) in [6, 6.07) is 18.5. The quantitative estimate of drug-likeness (QED) is 0.398. The maximum Gasteiger partial charge on any atom is 0.191 e. The van der Waals surface area contributed by atoms with Crippen molar-refractivity contribution in [1.82, 2.24) is 30.0 Å². The van der Waals surface area contributed by atoms with Gasteiger partial charge in [-0.25, -0.2) is 9.67 Å². The first-order valence-electron chi connectivity index (χ1n) is 10.0. The van der Waals surface area contributed by atoms with E-state index in [2.05, 4.69) is 56.5 Å². The minimum atomic E-state index is 0.587. The van der Waals surface area contributed by atoms with Crippen molar-refractivity contribution in [2.24, 2.45) is 12.0 Å². The molecule has 2 aromatic carbocycles. The summed E-state index contributed by atoms with van der Waals surface area (Å²) in [6.45, 7) is 5.30. The molecule has 0 spiro atoms. The molecule has 0 radical (unpaired) electrons. The van der Waals surface area contributed by atoms with Gasteiger partial charge in [-0.05, 0) is 43.7 Å². The van der Waals surface area contributed by atoms with Gasteiger partial charge in [0, 0.05) is 26.3 Å². The SMILES string of the molecule is CN=C(NCc1ccccc1-n1nc(C)cc1C)NCc1nc2ccccc2n1C. The molecule has 0 bridgehead atoms. The normalized spacial score (nSPS) is 11.8. The summed E-state index contributed by atoms with van der Waals surface area (Å²) in [6.07, 6.45) is 0. The Morgan fingerprint density at radius 1 is 1.00 bits per heavy atom. The minimum absolute atomic E-state index is 0.587. The van der Waals surface area contributed by atoms with Crippen molar-refractivity contribution < 1.29 is 0 Å². The lowest BCUT2D eigenvalue weighted by Gasteiger charge is -2.15. The second kappa shape index (κ2) is 8.41. The number of imidazole rings is 1. The monoisotopic (exact) mass is 401 g/mol. The molecule has 0 saturated heterocycles. The van der Waals surface area contributed by atoms with Crippen LogP contribution in [0.1, 0.15) is 22.8 Å². The van der Waals surface area contributed by atoms with Crippen molar-refractivity contribution in [3.8, 4) is 5.69 Å². The lowest BCUT2D eigenvalue weighted by Crippen LogP contribution is -2.37. The van der Waals surface area contributed by atoms with Crippen LogP contribution < -0.4 is 10.6 Å². The standard InChI is InChI=1S/C23H27N7/c1-16-13-17(2)30(28-16)20-11-7-5-9-18(20)14-25-23(24-3)26-15-22-27-19-10-6-8-12-21(19)29(22)4/h5-13H,14-15H2,1-4H3,(H2,24,25,26). The number of nitrogens with zero attached hydrogens (tertiary/aromatic N) is 5. The molecule has 2 aromatic heterocycles. The van der Waals surface area contributed by atoms with Gasteiger partial charge in [0.1, 0.15) is 5.82 Å². The number of aryl methyl sites for hydroxylation is 3. The van der Waals surface area contributed by atoms with Crippen LogP contribution in [0.15, 0.2) is 59.6 Å². The number of hydrogen-bond donors (Lipinski definition) is 2. The zero-order valence-corrected chi connectivity index (χ0v) is 17.8. The molecule has 30 heavy (non-hydrogen) atoms. The fourth-order valence-corrected chi connectivity index (χ4v) is 3.66. The zero-order valence-electron chi connectivity index (χ0n) is 17.8. The van der Waals surface area contributed by atoms with Gasteiger partial charge in [0.15, 0.2) is 5.96 Å². The fraction of sp³-hybridized carbons (Fsp3) is 0.261. The molecular weight excluding hydrogens is 374 g/mol. The molecule has 0 fully saturated rings. The van der Waals surface area contributed by atoms with Crippen molar-refractivity contribution in [2.75, 3.05) is 7.05 Å². The summed E-state index contributed by atoms with van der Waals surface area (Å²) in [5, 5.41) is 11.4. The predicted octanol–water partition coefficient (Wildman–Crippen LogP) is 3.24. The van der Waals surface area contributed by atoms with Crippen LogP contribution in [0.3, 0.4) is 0 Å². The molecule has 2 heterocycles. The number of aromatic nitrogens is 4. The van der Waals surface area contributed by atoms with Crippen molar-refractivity contribution in [3.05, 3.63) is 77.4 Å². The van der Waals surface area contributed by atoms with Gasteiger partial charge in [-0.2, -0.15) is 5.10 Å². The summed E-state index contributed by atoms with van der Waals surface area (Å²) in [7, 11) is 3.81. The highest BCUT2D eigenvalue weighted by atomic mass is 15.3. The Morgan fingerprint density at radius 2 is 1.73 bits per heavy atom. The Balaban J connectivity index is 1.45. The summed E-state index contributed by atoms with van der Waals surface area (Å²) >= 11 is 0. The van der Waals surface area contributed by atoms with E-state index in [0.717, 1.165) is 45.5 Å². The first kappa shape index (κ1) is 19.7. The third-order valence-electron chi connectivity index (χ3n) is 5.19. The largest absolute Gasteiger partial charge is 0.352 e. The maximum atomic E-state index is 4.71. The van der Waals surface area contributed by atoms with Gasteiger partial charge in [-0.15, -0.1) is 0 Å². The molecular formula is C23H27N7. The molecule has 2 N–H and O–H groups in total. The highest BCUT2D eigenvalue weighted by Crippen LogP contribution is 2.17. The third kappa shape index (κ3) is 3.91. The van der Waals surface area contributed by atoms with Crippen LogP contribution in [0.5, 0.6) is 0 Å². The van der Waals surface area contributed by atoms with Crippen LogP contribution in [0.4, 0.5) is 0 Å². The van der Waals surface area contributed by atoms with Gasteiger partial charge in [-0.1, -0.05) is 30.3 Å². The summed E-state index contributed by atoms with van der Waals surface area (Å²) < 4.78 is 4.09. The Morgan fingerprint density at radius 3 is 2.47 bits per heavy atom. The van der Waals surface area contributed by atoms with E-state index in [1.807, 2.05) is 49.0 Å². The number of hydrogen-bond acceptors (Lipinski definition) is 3. The zero-order chi connectivity index (χ0) is 21.1. The number of rotatable bonds is 5. The van der Waals surface area contributed by atoms with Crippen LogP contribution in [0.2, 0.25) is 0 Å². The van der Waals surface area contributed by atoms with E-state index in [0.29, 0.717) is 13.1 Å². The lowest BCUT2D eigenvalue weighted by atomic mass is 10.1. The molecule has 0 aliphatic rings. The highest BCUT2D eigenvalue weighted by molar-refractivity contribution is 5.80. The Bertz CT molecular complexity index is 1200. The number of benzene rings is 2. The molecule has 4 rings (SSSR count). The lowest BCUT2D eigenvalue weighted by molar-refractivity contribution is 0.733. The van der Waals surface area contributed by atoms with Gasteiger partial charge < -0.3 is 15.2 Å². The number of guanidine groups is 1. The van der Waals surface area contributed by atoms with Crippen LogP contribution >= 0.6 is 0 Å². The van der Waals surface area contributed by atoms with Crippen molar-refractivity contribution in [3.63, 3.8) is 0 Å². The molecule has 154 valence electrons. The number of aliphatic imine (C=N–C) groups is 1. The smallest absolute Gasteiger partial charge is 0.191 e. The summed E-state index contributed by atoms with van der Waals surface area (Å²) in [5.74, 6) is 1.69. The molecule has 0 unspecified atom stereocenters. The van der Waals surface area contributed by atoms with Crippen LogP contribution in [-0.2, 0) is 20.1 Å². The number of fused-ring (bicyclic) bond motifs is 1. The molecule has 7 nitrogen and oxygen atoms in total. The Kier molecular flexibility index (Phi) is 5.52. The molecule has 0 aliphatic carbocycles. The van der Waals surface area contributed by atoms with Gasteiger partial charge in [0.25, 0.3) is 0 Å². The first-order chi connectivity index (χ1) is 14.6. The molecule has 0 saturated carbocycles. The molecule has 7 heteroatoms. The van der Waals surface area contributed by atoms with E-state index < -0.39 is 0 Å². The summed E-state index contributed by atoms with van der Waals surface area (Å²) in [4.78, 5) is 9.07. The van der Waals surface area contributed by atoms with Gasteiger partial charge in [-0.3, -0.25) is 4.99 Å². The molecule has 0 amide bonds. The van der Waals surface area contributed by atoms with Crippen LogP contribution in [0.25, 0.3) is 16.7 Å². The fourth-order valence-electron chi connectivity index (χ4n) is 3.66. The van der Waals surface area contributed by atoms with Gasteiger partial charge in [0.2, 0.25) is 0 Å². The van der Waals surface area contributed by atoms with E-state index in [9.17, 15) is 0 Å². The molecule has 0 aliphatic heterocycles. The molecule has 0 atom stereocenters. The maximum absolute atomic E-state index is 4.71. The predicted molar refractivity (Wildman–Crippen MR) is 121 cm³/mol. The number of para-hydroxylation sites is 3. The van der Waals surface area contributed by atoms with E-state index in [1.54, 1.807) is 7.05 Å². The van der Waals surface area contributed by atoms with Crippen LogP contribution in [-0.4, -0.2) is 32.3 Å². The van der Waals surface area contributed by atoms with Gasteiger partial charge >= 0.3 is 0 Å². The Labute approximate surface area is 176 Å². The van der Waals surface area contributed by atoms with E-state index in [1.165, 1.54) is 0 Å². The van der Waals surface area contributed by atoms with Crippen molar-refractivity contribution >= 4 is 17.0 Å². The second-order valence-corrected chi connectivity index (χ2v) is 7.32. The average Bonchev–Trinajstić information content (AvgIpc) is 3.26. The Hall–Kier alpha value is -3.61. The van der Waals surface area contributed by atoms with Gasteiger partial charge in [0.05, 0.1) is 29.0 Å². The number of nitrogens with one attached hydrogen (secondary N) is 2. The average molecular weight is 402 g/mol. The highest BCUT2D eigenvalue weighted by Gasteiger charge is 2.10. The van der Waals surface area contributed by atoms with Crippen molar-refractivity contribution in [2.45, 2.75) is 26.9 Å². The van der Waals surface area contributed by atoms with Crippen LogP contribution in [0, 0.1) is 13.8 Å². The van der Waals surface area contributed by atoms with E-state index >= 15 is 0 Å². The third-order valence-corrected chi connectivity index (χ3v) is 5.19. The van der Waals surface area contributed by atoms with E-state index in [-0.39, 0.29) is 0 Å². The first-order valence-corrected chi connectivity index (χ1v) is 10.0. The summed E-state index contributed by atoms with van der Waals surface area (Å²) in [5.41, 5.74) is 6.46. The minimum Gasteiger partial charge on any atom is -0.352 e. The second-order valence-electron chi connectivity index (χ2n) is 7.32. The topological polar surface area (TPSA) is 72.1 Å². The molecule has 4 aromatic rings. The van der Waals surface area contributed by atoms with Crippen molar-refractivity contribution in [1.29, 1.82) is 0 Å².